The molecular formula is C11H14N2O4. The van der Waals surface area contributed by atoms with Crippen LogP contribution in [0.1, 0.15) is 17.3 Å². The molecule has 0 saturated carbocycles. The van der Waals surface area contributed by atoms with Gasteiger partial charge in [0.05, 0.1) is 18.2 Å². The average molecular weight is 238 g/mol. The third-order valence-electron chi connectivity index (χ3n) is 2.24. The molecule has 0 saturated heterocycles. The molecular weight excluding hydrogens is 224 g/mol. The second-order valence-corrected chi connectivity index (χ2v) is 3.64. The van der Waals surface area contributed by atoms with E-state index in [0.717, 1.165) is 0 Å². The van der Waals surface area contributed by atoms with Crippen molar-refractivity contribution in [3.63, 3.8) is 0 Å². The van der Waals surface area contributed by atoms with Gasteiger partial charge in [0.25, 0.3) is 0 Å². The van der Waals surface area contributed by atoms with Gasteiger partial charge >= 0.3 is 5.97 Å². The van der Waals surface area contributed by atoms with Crippen LogP contribution in [0.4, 0.5) is 5.69 Å². The molecule has 92 valence electrons. The number of carboxylic acids is 1. The number of hydrogen-bond donors (Lipinski definition) is 3. The van der Waals surface area contributed by atoms with Crippen LogP contribution < -0.4 is 16.2 Å². The zero-order chi connectivity index (χ0) is 13.0. The van der Waals surface area contributed by atoms with Crippen LogP contribution in [-0.4, -0.2) is 23.6 Å². The van der Waals surface area contributed by atoms with E-state index in [2.05, 4.69) is 0 Å². The number of benzene rings is 1. The number of anilines is 1. The molecule has 6 heteroatoms. The van der Waals surface area contributed by atoms with Gasteiger partial charge in [-0.3, -0.25) is 4.79 Å². The summed E-state index contributed by atoms with van der Waals surface area (Å²) in [5, 5.41) is 8.94. The molecule has 0 spiro atoms. The maximum Gasteiger partial charge on any atom is 0.339 e. The molecule has 0 aromatic heterocycles. The molecule has 1 rings (SSSR count). The van der Waals surface area contributed by atoms with Gasteiger partial charge in [0.15, 0.2) is 5.75 Å². The number of carbonyl (C=O) groups is 2. The molecule has 0 fully saturated rings. The molecule has 6 nitrogen and oxygen atoms in total. The van der Waals surface area contributed by atoms with Crippen LogP contribution >= 0.6 is 0 Å². The number of para-hydroxylation sites is 1. The number of hydrogen-bond acceptors (Lipinski definition) is 4. The van der Waals surface area contributed by atoms with Crippen LogP contribution in [0.15, 0.2) is 18.2 Å². The molecule has 1 aromatic carbocycles. The minimum Gasteiger partial charge on any atom is -0.490 e. The minimum absolute atomic E-state index is 0.0101. The quantitative estimate of drug-likeness (QED) is 0.645. The SMILES string of the molecule is CC(COc1c(N)cccc1C(=O)O)C(N)=O. The highest BCUT2D eigenvalue weighted by molar-refractivity contribution is 5.93. The van der Waals surface area contributed by atoms with Crippen molar-refractivity contribution >= 4 is 17.6 Å². The van der Waals surface area contributed by atoms with Crippen LogP contribution in [0.25, 0.3) is 0 Å². The zero-order valence-electron chi connectivity index (χ0n) is 9.34. The smallest absolute Gasteiger partial charge is 0.339 e. The van der Waals surface area contributed by atoms with E-state index in [4.69, 9.17) is 21.3 Å². The summed E-state index contributed by atoms with van der Waals surface area (Å²) in [6.45, 7) is 1.58. The van der Waals surface area contributed by atoms with Gasteiger partial charge in [0.1, 0.15) is 5.56 Å². The van der Waals surface area contributed by atoms with Crippen LogP contribution in [0.3, 0.4) is 0 Å². The first-order chi connectivity index (χ1) is 7.93. The van der Waals surface area contributed by atoms with E-state index in [-0.39, 0.29) is 23.6 Å². The summed E-state index contributed by atoms with van der Waals surface area (Å²) >= 11 is 0. The lowest BCUT2D eigenvalue weighted by Gasteiger charge is -2.13. The predicted molar refractivity (Wildman–Crippen MR) is 61.7 cm³/mol. The Morgan fingerprint density at radius 1 is 1.47 bits per heavy atom. The first kappa shape index (κ1) is 12.8. The van der Waals surface area contributed by atoms with E-state index >= 15 is 0 Å². The normalized spacial score (nSPS) is 11.8. The number of carbonyl (C=O) groups excluding carboxylic acids is 1. The van der Waals surface area contributed by atoms with E-state index in [0.29, 0.717) is 0 Å². The van der Waals surface area contributed by atoms with Crippen molar-refractivity contribution in [2.75, 3.05) is 12.3 Å². The number of nitrogens with two attached hydrogens (primary N) is 2. The lowest BCUT2D eigenvalue weighted by Crippen LogP contribution is -2.26. The number of amides is 1. The molecule has 1 unspecified atom stereocenters. The van der Waals surface area contributed by atoms with Crippen LogP contribution in [-0.2, 0) is 4.79 Å². The Balaban J connectivity index is 2.90. The Hall–Kier alpha value is -2.24. The van der Waals surface area contributed by atoms with Gasteiger partial charge in [-0.05, 0) is 12.1 Å². The molecule has 0 aliphatic heterocycles. The monoisotopic (exact) mass is 238 g/mol. The predicted octanol–water partition coefficient (Wildman–Crippen LogP) is 0.467. The van der Waals surface area contributed by atoms with E-state index in [1.807, 2.05) is 0 Å². The van der Waals surface area contributed by atoms with E-state index in [1.165, 1.54) is 18.2 Å². The number of aromatic carboxylic acids is 1. The Labute approximate surface area is 98.2 Å². The molecule has 1 aromatic rings. The summed E-state index contributed by atoms with van der Waals surface area (Å²) in [6.07, 6.45) is 0. The summed E-state index contributed by atoms with van der Waals surface area (Å²) in [5.41, 5.74) is 10.9. The van der Waals surface area contributed by atoms with E-state index < -0.39 is 17.8 Å². The van der Waals surface area contributed by atoms with Crippen LogP contribution in [0.2, 0.25) is 0 Å². The van der Waals surface area contributed by atoms with Crippen LogP contribution in [0, 0.1) is 5.92 Å². The van der Waals surface area contributed by atoms with Crippen molar-refractivity contribution in [3.8, 4) is 5.75 Å². The molecule has 1 atom stereocenters. The summed E-state index contributed by atoms with van der Waals surface area (Å²) < 4.78 is 5.25. The van der Waals surface area contributed by atoms with Gasteiger partial charge in [-0.25, -0.2) is 4.79 Å². The number of nitrogen functional groups attached to an aromatic ring is 1. The highest BCUT2D eigenvalue weighted by Crippen LogP contribution is 2.26. The molecule has 0 heterocycles. The summed E-state index contributed by atoms with van der Waals surface area (Å²) in [4.78, 5) is 21.7. The third kappa shape index (κ3) is 3.10. The molecule has 5 N–H and O–H groups in total. The standard InChI is InChI=1S/C11H14N2O4/c1-6(10(13)14)5-17-9-7(11(15)16)3-2-4-8(9)12/h2-4,6H,5,12H2,1H3,(H2,13,14)(H,15,16). The van der Waals surface area contributed by atoms with Crippen molar-refractivity contribution in [1.82, 2.24) is 0 Å². The van der Waals surface area contributed by atoms with Crippen molar-refractivity contribution < 1.29 is 19.4 Å². The van der Waals surface area contributed by atoms with Gasteiger partial charge in [0.2, 0.25) is 5.91 Å². The fourth-order valence-corrected chi connectivity index (χ4v) is 1.17. The Bertz CT molecular complexity index is 445. The number of primary amides is 1. The maximum absolute atomic E-state index is 10.9. The zero-order valence-corrected chi connectivity index (χ0v) is 9.34. The molecule has 0 aliphatic rings. The highest BCUT2D eigenvalue weighted by Gasteiger charge is 2.16. The van der Waals surface area contributed by atoms with Crippen molar-refractivity contribution in [2.45, 2.75) is 6.92 Å². The molecule has 0 aliphatic carbocycles. The number of rotatable bonds is 5. The fourth-order valence-electron chi connectivity index (χ4n) is 1.17. The highest BCUT2D eigenvalue weighted by atomic mass is 16.5. The first-order valence-corrected chi connectivity index (χ1v) is 4.97. The lowest BCUT2D eigenvalue weighted by molar-refractivity contribution is -0.122. The number of ether oxygens (including phenoxy) is 1. The molecule has 1 amide bonds. The second-order valence-electron chi connectivity index (χ2n) is 3.64. The fraction of sp³-hybridized carbons (Fsp3) is 0.273. The molecule has 0 radical (unpaired) electrons. The third-order valence-corrected chi connectivity index (χ3v) is 2.24. The van der Waals surface area contributed by atoms with Crippen LogP contribution in [0.5, 0.6) is 5.75 Å². The number of carboxylic acid groups (broad SMARTS) is 1. The largest absolute Gasteiger partial charge is 0.490 e. The van der Waals surface area contributed by atoms with Gasteiger partial charge in [0, 0.05) is 0 Å². The van der Waals surface area contributed by atoms with Crippen molar-refractivity contribution in [1.29, 1.82) is 0 Å². The Morgan fingerprint density at radius 2 is 2.12 bits per heavy atom. The maximum atomic E-state index is 10.9. The van der Waals surface area contributed by atoms with Gasteiger partial charge in [-0.15, -0.1) is 0 Å². The van der Waals surface area contributed by atoms with Gasteiger partial charge < -0.3 is 21.3 Å². The van der Waals surface area contributed by atoms with Gasteiger partial charge in [-0.1, -0.05) is 13.0 Å². The average Bonchev–Trinajstić information content (AvgIpc) is 2.26. The Morgan fingerprint density at radius 3 is 2.65 bits per heavy atom. The topological polar surface area (TPSA) is 116 Å². The second kappa shape index (κ2) is 5.20. The van der Waals surface area contributed by atoms with E-state index in [1.54, 1.807) is 6.92 Å². The van der Waals surface area contributed by atoms with Crippen molar-refractivity contribution in [3.05, 3.63) is 23.8 Å². The van der Waals surface area contributed by atoms with Crippen molar-refractivity contribution in [2.24, 2.45) is 11.7 Å². The summed E-state index contributed by atoms with van der Waals surface area (Å²) in [7, 11) is 0. The Kier molecular flexibility index (Phi) is 3.92. The summed E-state index contributed by atoms with van der Waals surface area (Å²) in [6, 6.07) is 4.42. The molecule has 0 bridgehead atoms. The molecule has 17 heavy (non-hydrogen) atoms. The minimum atomic E-state index is -1.14. The first-order valence-electron chi connectivity index (χ1n) is 4.97. The van der Waals surface area contributed by atoms with E-state index in [9.17, 15) is 9.59 Å². The van der Waals surface area contributed by atoms with Gasteiger partial charge in [-0.2, -0.15) is 0 Å². The summed E-state index contributed by atoms with van der Waals surface area (Å²) in [5.74, 6) is -2.11. The lowest BCUT2D eigenvalue weighted by atomic mass is 10.1.